The van der Waals surface area contributed by atoms with Crippen LogP contribution in [0.3, 0.4) is 0 Å². The summed E-state index contributed by atoms with van der Waals surface area (Å²) in [5, 5.41) is 5.35. The van der Waals surface area contributed by atoms with Gasteiger partial charge >= 0.3 is 0 Å². The van der Waals surface area contributed by atoms with Gasteiger partial charge < -0.3 is 15.4 Å². The summed E-state index contributed by atoms with van der Waals surface area (Å²) in [5.74, 6) is -0.539. The molecule has 0 saturated heterocycles. The minimum absolute atomic E-state index is 0.168. The van der Waals surface area contributed by atoms with Crippen molar-refractivity contribution in [3.05, 3.63) is 52.8 Å². The number of benzene rings is 2. The maximum Gasteiger partial charge on any atom is 0.265 e. The van der Waals surface area contributed by atoms with Crippen LogP contribution in [0.15, 0.2) is 46.9 Å². The van der Waals surface area contributed by atoms with Gasteiger partial charge in [0.1, 0.15) is 11.6 Å². The minimum Gasteiger partial charge on any atom is -0.480 e. The highest BCUT2D eigenvalue weighted by molar-refractivity contribution is 9.10. The topological polar surface area (TPSA) is 67.4 Å². The molecule has 2 N–H and O–H groups in total. The molecular formula is C17H16BrFN2O3. The Balaban J connectivity index is 1.97. The molecule has 0 saturated carbocycles. The van der Waals surface area contributed by atoms with Crippen LogP contribution >= 0.6 is 15.9 Å². The van der Waals surface area contributed by atoms with E-state index in [4.69, 9.17) is 4.74 Å². The molecule has 5 nitrogen and oxygen atoms in total. The van der Waals surface area contributed by atoms with Crippen LogP contribution in [0.5, 0.6) is 5.75 Å². The predicted molar refractivity (Wildman–Crippen MR) is 93.6 cm³/mol. The molecule has 24 heavy (non-hydrogen) atoms. The van der Waals surface area contributed by atoms with E-state index in [0.29, 0.717) is 21.6 Å². The number of halogens is 2. The lowest BCUT2D eigenvalue weighted by Crippen LogP contribution is -2.30. The molecule has 0 aromatic heterocycles. The van der Waals surface area contributed by atoms with E-state index in [2.05, 4.69) is 26.6 Å². The Morgan fingerprint density at radius 1 is 1.08 bits per heavy atom. The molecule has 2 aromatic carbocycles. The van der Waals surface area contributed by atoms with Gasteiger partial charge in [-0.1, -0.05) is 0 Å². The Morgan fingerprint density at radius 2 is 1.67 bits per heavy atom. The van der Waals surface area contributed by atoms with Gasteiger partial charge in [0.05, 0.1) is 4.47 Å². The second-order valence-corrected chi connectivity index (χ2v) is 5.94. The van der Waals surface area contributed by atoms with Gasteiger partial charge in [0.15, 0.2) is 6.10 Å². The van der Waals surface area contributed by atoms with Crippen LogP contribution in [-0.4, -0.2) is 17.9 Å². The average molecular weight is 395 g/mol. The molecule has 7 heteroatoms. The van der Waals surface area contributed by atoms with Gasteiger partial charge in [-0.25, -0.2) is 4.39 Å². The molecule has 2 amide bonds. The fourth-order valence-electron chi connectivity index (χ4n) is 1.90. The number of amides is 2. The van der Waals surface area contributed by atoms with Crippen molar-refractivity contribution in [1.29, 1.82) is 0 Å². The SMILES string of the molecule is CC(=O)Nc1ccc(NC(=O)C(C)Oc2ccc(F)cc2Br)cc1. The van der Waals surface area contributed by atoms with Crippen molar-refractivity contribution in [3.8, 4) is 5.75 Å². The van der Waals surface area contributed by atoms with Crippen molar-refractivity contribution in [2.75, 3.05) is 10.6 Å². The van der Waals surface area contributed by atoms with Crippen molar-refractivity contribution in [3.63, 3.8) is 0 Å². The number of rotatable bonds is 5. The van der Waals surface area contributed by atoms with E-state index >= 15 is 0 Å². The molecule has 126 valence electrons. The number of hydrogen-bond acceptors (Lipinski definition) is 3. The molecule has 0 fully saturated rings. The zero-order chi connectivity index (χ0) is 17.7. The normalized spacial score (nSPS) is 11.5. The third kappa shape index (κ3) is 5.06. The Morgan fingerprint density at radius 3 is 2.21 bits per heavy atom. The number of anilines is 2. The summed E-state index contributed by atoms with van der Waals surface area (Å²) in [7, 11) is 0. The number of carbonyl (C=O) groups excluding carboxylic acids is 2. The van der Waals surface area contributed by atoms with Crippen LogP contribution in [0.1, 0.15) is 13.8 Å². The molecular weight excluding hydrogens is 379 g/mol. The number of hydrogen-bond donors (Lipinski definition) is 2. The van der Waals surface area contributed by atoms with Crippen LogP contribution in [0.2, 0.25) is 0 Å². The van der Waals surface area contributed by atoms with Crippen LogP contribution in [0.4, 0.5) is 15.8 Å². The van der Waals surface area contributed by atoms with Crippen molar-refractivity contribution in [2.45, 2.75) is 20.0 Å². The molecule has 2 rings (SSSR count). The second-order valence-electron chi connectivity index (χ2n) is 5.08. The third-order valence-corrected chi connectivity index (χ3v) is 3.66. The van der Waals surface area contributed by atoms with Crippen LogP contribution < -0.4 is 15.4 Å². The number of carbonyl (C=O) groups is 2. The highest BCUT2D eigenvalue weighted by atomic mass is 79.9. The first-order valence-corrected chi connectivity index (χ1v) is 7.94. The van der Waals surface area contributed by atoms with Gasteiger partial charge in [-0.2, -0.15) is 0 Å². The van der Waals surface area contributed by atoms with Crippen LogP contribution in [0, 0.1) is 5.82 Å². The van der Waals surface area contributed by atoms with Crippen molar-refractivity contribution < 1.29 is 18.7 Å². The van der Waals surface area contributed by atoms with Crippen molar-refractivity contribution >= 4 is 39.1 Å². The Labute approximate surface area is 147 Å². The molecule has 2 aromatic rings. The summed E-state index contributed by atoms with van der Waals surface area (Å²) in [6.45, 7) is 3.01. The fraction of sp³-hybridized carbons (Fsp3) is 0.176. The maximum absolute atomic E-state index is 13.1. The number of nitrogens with one attached hydrogen (secondary N) is 2. The van der Waals surface area contributed by atoms with Gasteiger partial charge in [-0.15, -0.1) is 0 Å². The summed E-state index contributed by atoms with van der Waals surface area (Å²) in [4.78, 5) is 23.1. The standard InChI is InChI=1S/C17H16BrFN2O3/c1-10(24-16-8-3-12(19)9-15(16)18)17(23)21-14-6-4-13(5-7-14)20-11(2)22/h3-10H,1-2H3,(H,20,22)(H,21,23). The molecule has 0 radical (unpaired) electrons. The zero-order valence-electron chi connectivity index (χ0n) is 13.1. The summed E-state index contributed by atoms with van der Waals surface area (Å²) in [5.41, 5.74) is 1.21. The lowest BCUT2D eigenvalue weighted by atomic mass is 10.2. The van der Waals surface area contributed by atoms with Crippen molar-refractivity contribution in [2.24, 2.45) is 0 Å². The first-order valence-electron chi connectivity index (χ1n) is 7.15. The molecule has 0 aliphatic rings. The quantitative estimate of drug-likeness (QED) is 0.806. The number of ether oxygens (including phenoxy) is 1. The monoisotopic (exact) mass is 394 g/mol. The Hall–Kier alpha value is -2.41. The first-order chi connectivity index (χ1) is 11.3. The average Bonchev–Trinajstić information content (AvgIpc) is 2.51. The zero-order valence-corrected chi connectivity index (χ0v) is 14.7. The molecule has 1 atom stereocenters. The predicted octanol–water partition coefficient (Wildman–Crippen LogP) is 3.95. The molecule has 0 aliphatic carbocycles. The van der Waals surface area contributed by atoms with Crippen LogP contribution in [0.25, 0.3) is 0 Å². The van der Waals surface area contributed by atoms with Gasteiger partial charge in [-0.05, 0) is 65.3 Å². The van der Waals surface area contributed by atoms with Gasteiger partial charge in [0.2, 0.25) is 5.91 Å². The smallest absolute Gasteiger partial charge is 0.265 e. The summed E-state index contributed by atoms with van der Waals surface area (Å²) < 4.78 is 19.0. The Kier molecular flexibility index (Phi) is 5.92. The van der Waals surface area contributed by atoms with E-state index in [1.54, 1.807) is 31.2 Å². The largest absolute Gasteiger partial charge is 0.480 e. The highest BCUT2D eigenvalue weighted by Crippen LogP contribution is 2.26. The Bertz CT molecular complexity index is 750. The van der Waals surface area contributed by atoms with Gasteiger partial charge in [-0.3, -0.25) is 9.59 Å². The van der Waals surface area contributed by atoms with E-state index in [1.807, 2.05) is 0 Å². The molecule has 1 unspecified atom stereocenters. The maximum atomic E-state index is 13.1. The lowest BCUT2D eigenvalue weighted by molar-refractivity contribution is -0.122. The summed E-state index contributed by atoms with van der Waals surface area (Å²) >= 11 is 3.19. The van der Waals surface area contributed by atoms with Crippen molar-refractivity contribution in [1.82, 2.24) is 0 Å². The second kappa shape index (κ2) is 7.92. The molecule has 0 heterocycles. The summed E-state index contributed by atoms with van der Waals surface area (Å²) in [6, 6.07) is 10.7. The van der Waals surface area contributed by atoms with Gasteiger partial charge in [0.25, 0.3) is 5.91 Å². The minimum atomic E-state index is -0.776. The van der Waals surface area contributed by atoms with E-state index < -0.39 is 11.9 Å². The highest BCUT2D eigenvalue weighted by Gasteiger charge is 2.16. The molecule has 0 spiro atoms. The molecule has 0 aliphatic heterocycles. The van der Waals surface area contributed by atoms with E-state index in [-0.39, 0.29) is 11.8 Å². The van der Waals surface area contributed by atoms with Gasteiger partial charge in [0, 0.05) is 18.3 Å². The van der Waals surface area contributed by atoms with E-state index in [0.717, 1.165) is 0 Å². The summed E-state index contributed by atoms with van der Waals surface area (Å²) in [6.07, 6.45) is -0.776. The van der Waals surface area contributed by atoms with Crippen LogP contribution in [-0.2, 0) is 9.59 Å². The fourth-order valence-corrected chi connectivity index (χ4v) is 2.34. The third-order valence-electron chi connectivity index (χ3n) is 3.04. The first kappa shape index (κ1) is 17.9. The van der Waals surface area contributed by atoms with E-state index in [9.17, 15) is 14.0 Å². The lowest BCUT2D eigenvalue weighted by Gasteiger charge is -2.16. The molecule has 0 bridgehead atoms. The van der Waals surface area contributed by atoms with E-state index in [1.165, 1.54) is 25.1 Å².